The van der Waals surface area contributed by atoms with E-state index in [0.29, 0.717) is 22.9 Å². The number of carbonyl (C=O) groups is 3. The second kappa shape index (κ2) is 6.90. The Bertz CT molecular complexity index is 769. The van der Waals surface area contributed by atoms with E-state index in [0.717, 1.165) is 5.56 Å². The normalized spacial score (nSPS) is 14.3. The number of likely N-dealkylation sites (tertiary alicyclic amines) is 1. The topological polar surface area (TPSA) is 105 Å². The van der Waals surface area contributed by atoms with Gasteiger partial charge in [0.15, 0.2) is 0 Å². The number of nitrogens with one attached hydrogen (secondary N) is 1. The number of carbonyl (C=O) groups excluding carboxylic acids is 3. The molecule has 1 aliphatic rings. The highest BCUT2D eigenvalue weighted by atomic mass is 32.1. The minimum atomic E-state index is -0.302. The number of amides is 3. The first-order chi connectivity index (χ1) is 11.6. The van der Waals surface area contributed by atoms with Crippen LogP contribution in [0, 0.1) is 0 Å². The maximum absolute atomic E-state index is 12.1. The summed E-state index contributed by atoms with van der Waals surface area (Å²) >= 11 is 1.34. The molecule has 1 fully saturated rings. The van der Waals surface area contributed by atoms with Gasteiger partial charge in [0.25, 0.3) is 5.91 Å². The molecule has 8 heteroatoms. The average molecular weight is 344 g/mol. The fourth-order valence-electron chi connectivity index (χ4n) is 2.38. The second-order valence-corrected chi connectivity index (χ2v) is 6.30. The summed E-state index contributed by atoms with van der Waals surface area (Å²) in [4.78, 5) is 40.7. The molecule has 7 nitrogen and oxygen atoms in total. The molecule has 3 N–H and O–H groups in total. The zero-order valence-corrected chi connectivity index (χ0v) is 13.6. The molecule has 24 heavy (non-hydrogen) atoms. The smallest absolute Gasteiger partial charge is 0.275 e. The molecule has 2 aromatic rings. The third-order valence-electron chi connectivity index (χ3n) is 3.67. The molecule has 1 aromatic carbocycles. The summed E-state index contributed by atoms with van der Waals surface area (Å²) in [6.07, 6.45) is 0.566. The first-order valence-electron chi connectivity index (χ1n) is 7.45. The van der Waals surface area contributed by atoms with Crippen LogP contribution in [0.5, 0.6) is 0 Å². The van der Waals surface area contributed by atoms with Crippen molar-refractivity contribution in [3.63, 3.8) is 0 Å². The van der Waals surface area contributed by atoms with Crippen LogP contribution in [0.3, 0.4) is 0 Å². The summed E-state index contributed by atoms with van der Waals surface area (Å²) in [5.74, 6) is -0.586. The molecule has 1 aliphatic heterocycles. The van der Waals surface area contributed by atoms with E-state index >= 15 is 0 Å². The van der Waals surface area contributed by atoms with Gasteiger partial charge in [-0.1, -0.05) is 12.1 Å². The molecule has 0 unspecified atom stereocenters. The van der Waals surface area contributed by atoms with E-state index in [2.05, 4.69) is 10.3 Å². The lowest BCUT2D eigenvalue weighted by Gasteiger charge is -2.14. The number of rotatable bonds is 5. The van der Waals surface area contributed by atoms with Crippen LogP contribution in [0.15, 0.2) is 29.6 Å². The standard InChI is InChI=1S/C16H16N4O3S/c17-7-13-19-12(9-24-13)16(23)18-11-3-1-10(2-4-11)8-20-14(21)5-6-15(20)22/h1-4,9H,5-8,17H2,(H,18,23). The monoisotopic (exact) mass is 344 g/mol. The van der Waals surface area contributed by atoms with Crippen molar-refractivity contribution in [3.8, 4) is 0 Å². The maximum Gasteiger partial charge on any atom is 0.275 e. The summed E-state index contributed by atoms with van der Waals surface area (Å²) in [5.41, 5.74) is 7.26. The lowest BCUT2D eigenvalue weighted by atomic mass is 10.2. The number of benzene rings is 1. The Morgan fingerprint density at radius 1 is 1.21 bits per heavy atom. The van der Waals surface area contributed by atoms with Gasteiger partial charge in [-0.05, 0) is 17.7 Å². The fraction of sp³-hybridized carbons (Fsp3) is 0.250. The predicted molar refractivity (Wildman–Crippen MR) is 89.2 cm³/mol. The van der Waals surface area contributed by atoms with Crippen LogP contribution in [0.1, 0.15) is 33.9 Å². The molecular formula is C16H16N4O3S. The third kappa shape index (κ3) is 3.50. The zero-order chi connectivity index (χ0) is 17.1. The van der Waals surface area contributed by atoms with Crippen molar-refractivity contribution in [1.82, 2.24) is 9.88 Å². The van der Waals surface area contributed by atoms with Crippen molar-refractivity contribution in [2.24, 2.45) is 5.73 Å². The SMILES string of the molecule is NCc1nc(C(=O)Nc2ccc(CN3C(=O)CCC3=O)cc2)cs1. The van der Waals surface area contributed by atoms with Crippen molar-refractivity contribution < 1.29 is 14.4 Å². The van der Waals surface area contributed by atoms with Gasteiger partial charge in [0, 0.05) is 30.5 Å². The molecule has 2 heterocycles. The van der Waals surface area contributed by atoms with Gasteiger partial charge in [0.1, 0.15) is 10.7 Å². The van der Waals surface area contributed by atoms with Crippen molar-refractivity contribution in [2.45, 2.75) is 25.9 Å². The molecule has 0 aliphatic carbocycles. The molecule has 0 atom stereocenters. The van der Waals surface area contributed by atoms with Gasteiger partial charge in [-0.3, -0.25) is 19.3 Å². The van der Waals surface area contributed by atoms with E-state index in [1.807, 2.05) is 0 Å². The van der Waals surface area contributed by atoms with Crippen LogP contribution >= 0.6 is 11.3 Å². The van der Waals surface area contributed by atoms with E-state index in [9.17, 15) is 14.4 Å². The summed E-state index contributed by atoms with van der Waals surface area (Å²) in [7, 11) is 0. The summed E-state index contributed by atoms with van der Waals surface area (Å²) in [6, 6.07) is 7.02. The second-order valence-electron chi connectivity index (χ2n) is 5.36. The van der Waals surface area contributed by atoms with Crippen LogP contribution < -0.4 is 11.1 Å². The van der Waals surface area contributed by atoms with E-state index in [4.69, 9.17) is 5.73 Å². The van der Waals surface area contributed by atoms with E-state index < -0.39 is 0 Å². The Morgan fingerprint density at radius 3 is 2.46 bits per heavy atom. The number of nitrogens with two attached hydrogens (primary N) is 1. The molecule has 0 radical (unpaired) electrons. The number of imide groups is 1. The largest absolute Gasteiger partial charge is 0.325 e. The lowest BCUT2D eigenvalue weighted by Crippen LogP contribution is -2.28. The first-order valence-corrected chi connectivity index (χ1v) is 8.33. The molecular weight excluding hydrogens is 328 g/mol. The number of thiazole rings is 1. The average Bonchev–Trinajstić information content (AvgIpc) is 3.18. The number of hydrogen-bond acceptors (Lipinski definition) is 6. The highest BCUT2D eigenvalue weighted by Crippen LogP contribution is 2.18. The number of anilines is 1. The minimum Gasteiger partial charge on any atom is -0.325 e. The molecule has 3 rings (SSSR count). The molecule has 3 amide bonds. The Balaban J connectivity index is 1.63. The van der Waals surface area contributed by atoms with Crippen LogP contribution in [0.2, 0.25) is 0 Å². The minimum absolute atomic E-state index is 0.142. The van der Waals surface area contributed by atoms with Gasteiger partial charge in [0.05, 0.1) is 6.54 Å². The Hall–Kier alpha value is -2.58. The van der Waals surface area contributed by atoms with Gasteiger partial charge in [-0.15, -0.1) is 11.3 Å². The van der Waals surface area contributed by atoms with Crippen LogP contribution in [0.4, 0.5) is 5.69 Å². The predicted octanol–water partition coefficient (Wildman–Crippen LogP) is 1.50. The van der Waals surface area contributed by atoms with Gasteiger partial charge < -0.3 is 11.1 Å². The number of hydrogen-bond donors (Lipinski definition) is 2. The van der Waals surface area contributed by atoms with Gasteiger partial charge >= 0.3 is 0 Å². The number of nitrogens with zero attached hydrogens (tertiary/aromatic N) is 2. The third-order valence-corrected chi connectivity index (χ3v) is 4.54. The number of aromatic nitrogens is 1. The molecule has 0 bridgehead atoms. The van der Waals surface area contributed by atoms with Crippen LogP contribution in [-0.2, 0) is 22.7 Å². The molecule has 1 saturated heterocycles. The van der Waals surface area contributed by atoms with Crippen molar-refractivity contribution in [3.05, 3.63) is 45.9 Å². The Labute approximate surface area is 142 Å². The molecule has 0 saturated carbocycles. The molecule has 124 valence electrons. The zero-order valence-electron chi connectivity index (χ0n) is 12.8. The highest BCUT2D eigenvalue weighted by molar-refractivity contribution is 7.09. The van der Waals surface area contributed by atoms with Gasteiger partial charge in [-0.2, -0.15) is 0 Å². The quantitative estimate of drug-likeness (QED) is 0.800. The van der Waals surface area contributed by atoms with Crippen molar-refractivity contribution in [2.75, 3.05) is 5.32 Å². The van der Waals surface area contributed by atoms with Crippen LogP contribution in [0.25, 0.3) is 0 Å². The first kappa shape index (κ1) is 16.3. The maximum atomic E-state index is 12.1. The summed E-state index contributed by atoms with van der Waals surface area (Å²) in [5, 5.41) is 5.12. The van der Waals surface area contributed by atoms with Crippen molar-refractivity contribution >= 4 is 34.7 Å². The van der Waals surface area contributed by atoms with Gasteiger partial charge in [0.2, 0.25) is 11.8 Å². The molecule has 1 aromatic heterocycles. The molecule has 0 spiro atoms. The summed E-state index contributed by atoms with van der Waals surface area (Å²) < 4.78 is 0. The van der Waals surface area contributed by atoms with E-state index in [1.165, 1.54) is 16.2 Å². The van der Waals surface area contributed by atoms with E-state index in [1.54, 1.807) is 29.6 Å². The fourth-order valence-corrected chi connectivity index (χ4v) is 3.03. The van der Waals surface area contributed by atoms with Crippen LogP contribution in [-0.4, -0.2) is 27.6 Å². The van der Waals surface area contributed by atoms with Gasteiger partial charge in [-0.25, -0.2) is 4.98 Å². The lowest BCUT2D eigenvalue weighted by molar-refractivity contribution is -0.139. The Morgan fingerprint density at radius 2 is 1.88 bits per heavy atom. The summed E-state index contributed by atoms with van der Waals surface area (Å²) in [6.45, 7) is 0.568. The highest BCUT2D eigenvalue weighted by Gasteiger charge is 2.28. The van der Waals surface area contributed by atoms with E-state index in [-0.39, 0.29) is 37.1 Å². The van der Waals surface area contributed by atoms with Crippen molar-refractivity contribution in [1.29, 1.82) is 0 Å². The Kier molecular flexibility index (Phi) is 4.68.